The van der Waals surface area contributed by atoms with Crippen LogP contribution >= 0.6 is 12.2 Å². The molecule has 10 nitrogen and oxygen atoms in total. The molecule has 4 rings (SSSR count). The summed E-state index contributed by atoms with van der Waals surface area (Å²) in [6, 6.07) is 11.1. The largest absolute Gasteiger partial charge is 0.493 e. The number of likely N-dealkylation sites (N-methyl/N-ethyl adjacent to an activating group) is 1. The third-order valence-corrected chi connectivity index (χ3v) is 7.76. The number of nitrogens with zero attached hydrogens (tertiary/aromatic N) is 4. The molecule has 0 atom stereocenters. The monoisotopic (exact) mass is 602 g/mol. The second-order valence-electron chi connectivity index (χ2n) is 10.3. The van der Waals surface area contributed by atoms with E-state index in [1.165, 1.54) is 0 Å². The predicted octanol–water partition coefficient (Wildman–Crippen LogP) is 4.08. The lowest BCUT2D eigenvalue weighted by molar-refractivity contribution is -0.117. The van der Waals surface area contributed by atoms with E-state index in [9.17, 15) is 9.59 Å². The highest BCUT2D eigenvalue weighted by molar-refractivity contribution is 7.71. The van der Waals surface area contributed by atoms with Crippen molar-refractivity contribution in [2.75, 3.05) is 59.7 Å². The number of aromatic nitrogens is 2. The molecule has 0 radical (unpaired) electrons. The van der Waals surface area contributed by atoms with E-state index in [4.69, 9.17) is 27.4 Å². The molecule has 1 aliphatic heterocycles. The highest BCUT2D eigenvalue weighted by Crippen LogP contribution is 2.33. The molecule has 0 aliphatic carbocycles. The molecule has 1 fully saturated rings. The number of anilines is 1. The zero-order chi connectivity index (χ0) is 31.1. The van der Waals surface area contributed by atoms with Gasteiger partial charge >= 0.3 is 0 Å². The molecule has 11 heteroatoms. The molecule has 0 saturated carbocycles. The quantitative estimate of drug-likeness (QED) is 0.203. The number of carbonyl (C=O) groups is 2. The van der Waals surface area contributed by atoms with E-state index < -0.39 is 0 Å². The molecule has 0 bridgehead atoms. The first kappa shape index (κ1) is 31.5. The van der Waals surface area contributed by atoms with Crippen molar-refractivity contribution >= 4 is 46.3 Å². The molecular weight excluding hydrogens is 564 g/mol. The molecule has 0 spiro atoms. The smallest absolute Gasteiger partial charge is 0.253 e. The second-order valence-corrected chi connectivity index (χ2v) is 10.7. The average molecular weight is 603 g/mol. The summed E-state index contributed by atoms with van der Waals surface area (Å²) in [6.07, 6.45) is 5.34. The van der Waals surface area contributed by atoms with Gasteiger partial charge in [0.1, 0.15) is 5.82 Å². The number of fused-ring (bicyclic) bond motifs is 1. The third-order valence-electron chi connectivity index (χ3n) is 7.45. The topological polar surface area (TPSA) is 115 Å². The minimum absolute atomic E-state index is 0.0614. The van der Waals surface area contributed by atoms with Gasteiger partial charge in [0.15, 0.2) is 11.5 Å². The number of allylic oxidation sites excluding steroid dienone is 3. The molecule has 2 aromatic carbocycles. The van der Waals surface area contributed by atoms with Crippen molar-refractivity contribution in [3.05, 3.63) is 82.7 Å². The number of carbonyl (C=O) groups excluding carboxylic acids is 2. The predicted molar refractivity (Wildman–Crippen MR) is 173 cm³/mol. The van der Waals surface area contributed by atoms with E-state index in [1.54, 1.807) is 43.1 Å². The lowest BCUT2D eigenvalue weighted by atomic mass is 10.0. The summed E-state index contributed by atoms with van der Waals surface area (Å²) in [5.41, 5.74) is 9.98. The van der Waals surface area contributed by atoms with Gasteiger partial charge in [-0.2, -0.15) is 0 Å². The summed E-state index contributed by atoms with van der Waals surface area (Å²) in [7, 11) is 5.16. The molecule has 0 unspecified atom stereocenters. The van der Waals surface area contributed by atoms with E-state index in [-0.39, 0.29) is 18.4 Å². The third kappa shape index (κ3) is 7.49. The van der Waals surface area contributed by atoms with Crippen LogP contribution in [0.4, 0.5) is 5.82 Å². The normalized spacial score (nSPS) is 14.2. The molecular formula is C32H38N6O4S. The number of nitrogens with one attached hydrogen (secondary N) is 1. The minimum Gasteiger partial charge on any atom is -0.493 e. The number of hydrogen-bond acceptors (Lipinski definition) is 8. The van der Waals surface area contributed by atoms with Crippen molar-refractivity contribution in [3.63, 3.8) is 0 Å². The molecule has 1 aromatic heterocycles. The first-order chi connectivity index (χ1) is 20.6. The Morgan fingerprint density at radius 3 is 2.35 bits per heavy atom. The number of amides is 2. The number of hydrogen-bond donors (Lipinski definition) is 2. The SMILES string of the molecule is C=C(/C=C\C=C(/C)c1ccc(C(=O)N2CCN(C)CC2)cc1)C(=O)NCCn1c(N)c2cc(OC)c(OC)cc2nc1=S. The van der Waals surface area contributed by atoms with Gasteiger partial charge in [0.25, 0.3) is 11.8 Å². The van der Waals surface area contributed by atoms with E-state index >= 15 is 0 Å². The van der Waals surface area contributed by atoms with Crippen molar-refractivity contribution < 1.29 is 19.1 Å². The van der Waals surface area contributed by atoms with Crippen LogP contribution in [0.5, 0.6) is 11.5 Å². The molecule has 226 valence electrons. The maximum atomic E-state index is 12.8. The summed E-state index contributed by atoms with van der Waals surface area (Å²) in [6.45, 7) is 9.72. The highest BCUT2D eigenvalue weighted by Gasteiger charge is 2.20. The summed E-state index contributed by atoms with van der Waals surface area (Å²) in [4.78, 5) is 34.0. The van der Waals surface area contributed by atoms with Crippen LogP contribution in [-0.4, -0.2) is 85.2 Å². The second kappa shape index (κ2) is 14.1. The average Bonchev–Trinajstić information content (AvgIpc) is 3.01. The highest BCUT2D eigenvalue weighted by atomic mass is 32.1. The maximum absolute atomic E-state index is 12.8. The minimum atomic E-state index is -0.306. The fourth-order valence-electron chi connectivity index (χ4n) is 4.74. The van der Waals surface area contributed by atoms with E-state index in [0.29, 0.717) is 50.7 Å². The van der Waals surface area contributed by atoms with Gasteiger partial charge in [0.05, 0.1) is 19.7 Å². The summed E-state index contributed by atoms with van der Waals surface area (Å²) in [5.74, 6) is 1.23. The Bertz CT molecular complexity index is 1640. The first-order valence-electron chi connectivity index (χ1n) is 13.9. The van der Waals surface area contributed by atoms with Crippen molar-refractivity contribution in [3.8, 4) is 11.5 Å². The van der Waals surface area contributed by atoms with Crippen LogP contribution in [0.1, 0.15) is 22.8 Å². The standard InChI is InChI=1S/C32H38N6O4S/c1-21(23-9-11-24(12-10-23)31(40)37-17-15-36(3)16-18-37)7-6-8-22(2)30(39)34-13-14-38-29(33)25-19-27(41-4)28(42-5)20-26(25)35-32(38)43/h6-12,19-20H,2,13-18,33H2,1,3-5H3,(H,34,39)/b8-6-,21-7+. The van der Waals surface area contributed by atoms with E-state index in [2.05, 4.69) is 28.8 Å². The number of ether oxygens (including phenoxy) is 2. The Hall–Kier alpha value is -4.48. The summed E-state index contributed by atoms with van der Waals surface area (Å²) >= 11 is 5.45. The van der Waals surface area contributed by atoms with Crippen molar-refractivity contribution in [1.29, 1.82) is 0 Å². The van der Waals surface area contributed by atoms with Crippen LogP contribution < -0.4 is 20.5 Å². The van der Waals surface area contributed by atoms with Crippen LogP contribution in [0.3, 0.4) is 0 Å². The number of benzene rings is 2. The Morgan fingerprint density at radius 2 is 1.70 bits per heavy atom. The van der Waals surface area contributed by atoms with Crippen LogP contribution in [0.15, 0.2) is 66.8 Å². The molecule has 43 heavy (non-hydrogen) atoms. The molecule has 2 amide bonds. The number of nitrogens with two attached hydrogens (primary N) is 1. The Balaban J connectivity index is 1.32. The van der Waals surface area contributed by atoms with Crippen molar-refractivity contribution in [1.82, 2.24) is 24.7 Å². The van der Waals surface area contributed by atoms with Crippen LogP contribution in [0, 0.1) is 4.77 Å². The Morgan fingerprint density at radius 1 is 1.07 bits per heavy atom. The molecule has 3 N–H and O–H groups in total. The van der Waals surface area contributed by atoms with Crippen LogP contribution in [0.2, 0.25) is 0 Å². The zero-order valence-corrected chi connectivity index (χ0v) is 25.9. The number of rotatable bonds is 10. The molecule has 1 aliphatic rings. The Kier molecular flexibility index (Phi) is 10.3. The number of piperazine rings is 1. The van der Waals surface area contributed by atoms with Gasteiger partial charge in [-0.05, 0) is 55.5 Å². The number of nitrogen functional groups attached to an aromatic ring is 1. The van der Waals surface area contributed by atoms with Gasteiger partial charge in [0, 0.05) is 61.9 Å². The lowest BCUT2D eigenvalue weighted by Crippen LogP contribution is -2.47. The first-order valence-corrected chi connectivity index (χ1v) is 14.4. The number of methoxy groups -OCH3 is 2. The van der Waals surface area contributed by atoms with E-state index in [0.717, 1.165) is 37.3 Å². The molecule has 1 saturated heterocycles. The van der Waals surface area contributed by atoms with Gasteiger partial charge in [-0.15, -0.1) is 0 Å². The van der Waals surface area contributed by atoms with Gasteiger partial charge in [0.2, 0.25) is 4.77 Å². The molecule has 2 heterocycles. The van der Waals surface area contributed by atoms with Crippen molar-refractivity contribution in [2.45, 2.75) is 13.5 Å². The van der Waals surface area contributed by atoms with Gasteiger partial charge < -0.3 is 34.9 Å². The van der Waals surface area contributed by atoms with Crippen LogP contribution in [0.25, 0.3) is 16.5 Å². The fraction of sp³-hybridized carbons (Fsp3) is 0.312. The van der Waals surface area contributed by atoms with Gasteiger partial charge in [-0.25, -0.2) is 4.98 Å². The fourth-order valence-corrected chi connectivity index (χ4v) is 5.02. The van der Waals surface area contributed by atoms with Crippen molar-refractivity contribution in [2.24, 2.45) is 0 Å². The lowest BCUT2D eigenvalue weighted by Gasteiger charge is -2.32. The summed E-state index contributed by atoms with van der Waals surface area (Å²) < 4.78 is 12.7. The van der Waals surface area contributed by atoms with E-state index in [1.807, 2.05) is 42.2 Å². The van der Waals surface area contributed by atoms with Gasteiger partial charge in [-0.3, -0.25) is 9.59 Å². The molecule has 3 aromatic rings. The Labute approximate surface area is 257 Å². The summed E-state index contributed by atoms with van der Waals surface area (Å²) in [5, 5.41) is 3.52. The van der Waals surface area contributed by atoms with Crippen LogP contribution in [-0.2, 0) is 11.3 Å². The zero-order valence-electron chi connectivity index (χ0n) is 25.1. The maximum Gasteiger partial charge on any atom is 0.253 e. The van der Waals surface area contributed by atoms with Gasteiger partial charge in [-0.1, -0.05) is 36.9 Å².